The van der Waals surface area contributed by atoms with Crippen LogP contribution in [-0.4, -0.2) is 39.4 Å². The lowest BCUT2D eigenvalue weighted by molar-refractivity contribution is -0.177. The van der Waals surface area contributed by atoms with Crippen LogP contribution in [0.15, 0.2) is 36.9 Å². The van der Waals surface area contributed by atoms with Gasteiger partial charge in [0.05, 0.1) is 11.3 Å². The van der Waals surface area contributed by atoms with E-state index in [4.69, 9.17) is 4.74 Å². The molecule has 0 unspecified atom stereocenters. The molecule has 1 aliphatic carbocycles. The zero-order valence-corrected chi connectivity index (χ0v) is 13.9. The van der Waals surface area contributed by atoms with Gasteiger partial charge in [0.25, 0.3) is 5.91 Å². The molecule has 6 heteroatoms. The number of nitrogens with zero attached hydrogens (tertiary/aromatic N) is 3. The molecule has 1 heterocycles. The van der Waals surface area contributed by atoms with E-state index in [0.29, 0.717) is 5.56 Å². The number of aromatic nitrogens is 3. The summed E-state index contributed by atoms with van der Waals surface area (Å²) in [6.07, 6.45) is 3.89. The van der Waals surface area contributed by atoms with Gasteiger partial charge < -0.3 is 10.1 Å². The van der Waals surface area contributed by atoms with Crippen molar-refractivity contribution < 1.29 is 9.53 Å². The molecule has 1 aromatic carbocycles. The van der Waals surface area contributed by atoms with E-state index in [-0.39, 0.29) is 23.0 Å². The second kappa shape index (κ2) is 5.45. The van der Waals surface area contributed by atoms with Crippen molar-refractivity contribution in [1.82, 2.24) is 20.1 Å². The number of rotatable bonds is 4. The Kier molecular flexibility index (Phi) is 3.72. The van der Waals surface area contributed by atoms with Crippen LogP contribution in [0.5, 0.6) is 0 Å². The van der Waals surface area contributed by atoms with E-state index in [0.717, 1.165) is 12.1 Å². The summed E-state index contributed by atoms with van der Waals surface area (Å²) >= 11 is 0. The van der Waals surface area contributed by atoms with Crippen LogP contribution in [0.3, 0.4) is 0 Å². The number of benzene rings is 1. The first-order valence-corrected chi connectivity index (χ1v) is 7.68. The quantitative estimate of drug-likeness (QED) is 0.939. The molecule has 1 saturated carbocycles. The van der Waals surface area contributed by atoms with Gasteiger partial charge in [0.1, 0.15) is 12.7 Å². The smallest absolute Gasteiger partial charge is 0.251 e. The van der Waals surface area contributed by atoms with Crippen molar-refractivity contribution >= 4 is 5.91 Å². The third-order valence-electron chi connectivity index (χ3n) is 5.38. The Bertz CT molecular complexity index is 711. The van der Waals surface area contributed by atoms with Crippen LogP contribution in [0.2, 0.25) is 0 Å². The van der Waals surface area contributed by atoms with Crippen molar-refractivity contribution in [3.8, 4) is 5.69 Å². The fourth-order valence-electron chi connectivity index (χ4n) is 3.10. The summed E-state index contributed by atoms with van der Waals surface area (Å²) in [5, 5.41) is 7.21. The van der Waals surface area contributed by atoms with Gasteiger partial charge in [-0.1, -0.05) is 19.9 Å². The van der Waals surface area contributed by atoms with Gasteiger partial charge in [-0.25, -0.2) is 9.67 Å². The number of methoxy groups -OCH3 is 1. The third-order valence-corrected chi connectivity index (χ3v) is 5.38. The summed E-state index contributed by atoms with van der Waals surface area (Å²) in [6.45, 7) is 6.33. The fourth-order valence-corrected chi connectivity index (χ4v) is 3.10. The maximum Gasteiger partial charge on any atom is 0.251 e. The minimum absolute atomic E-state index is 0.0804. The minimum atomic E-state index is -0.201. The van der Waals surface area contributed by atoms with E-state index in [9.17, 15) is 4.79 Å². The van der Waals surface area contributed by atoms with Gasteiger partial charge in [-0.05, 0) is 31.5 Å². The maximum atomic E-state index is 12.6. The zero-order chi connectivity index (χ0) is 16.7. The normalized spacial score (nSPS) is 25.7. The van der Waals surface area contributed by atoms with Gasteiger partial charge in [0.2, 0.25) is 0 Å². The summed E-state index contributed by atoms with van der Waals surface area (Å²) < 4.78 is 7.24. The Labute approximate surface area is 135 Å². The summed E-state index contributed by atoms with van der Waals surface area (Å²) in [5.41, 5.74) is 1.11. The molecule has 0 radical (unpaired) electrons. The molecule has 0 saturated heterocycles. The average Bonchev–Trinajstić information content (AvgIpc) is 3.08. The molecule has 1 aromatic heterocycles. The first-order chi connectivity index (χ1) is 10.9. The van der Waals surface area contributed by atoms with Crippen molar-refractivity contribution in [3.05, 3.63) is 42.5 Å². The van der Waals surface area contributed by atoms with Gasteiger partial charge in [-0.3, -0.25) is 4.79 Å². The van der Waals surface area contributed by atoms with Crippen LogP contribution in [0.25, 0.3) is 5.69 Å². The number of carbonyl (C=O) groups excluding carboxylic acids is 1. The van der Waals surface area contributed by atoms with Gasteiger partial charge in [-0.15, -0.1) is 0 Å². The molecule has 3 rings (SSSR count). The lowest BCUT2D eigenvalue weighted by Crippen LogP contribution is -2.68. The Morgan fingerprint density at radius 2 is 2.17 bits per heavy atom. The highest BCUT2D eigenvalue weighted by molar-refractivity contribution is 5.95. The molecule has 0 spiro atoms. The number of nitrogens with one attached hydrogen (secondary N) is 1. The number of ether oxygens (including phenoxy) is 1. The van der Waals surface area contributed by atoms with Crippen LogP contribution in [0.1, 0.15) is 37.6 Å². The van der Waals surface area contributed by atoms with E-state index in [1.807, 2.05) is 18.2 Å². The number of carbonyl (C=O) groups is 1. The monoisotopic (exact) mass is 314 g/mol. The average molecular weight is 314 g/mol. The van der Waals surface area contributed by atoms with Crippen LogP contribution in [-0.2, 0) is 4.74 Å². The predicted octanol–water partition coefficient (Wildman–Crippen LogP) is 2.20. The molecule has 1 aliphatic rings. The highest BCUT2D eigenvalue weighted by atomic mass is 16.5. The maximum absolute atomic E-state index is 12.6. The summed E-state index contributed by atoms with van der Waals surface area (Å²) in [5.74, 6) is -0.0804. The molecule has 2 aromatic rings. The van der Waals surface area contributed by atoms with Crippen molar-refractivity contribution in [3.63, 3.8) is 0 Å². The standard InChI is InChI=1S/C17H22N4O2/c1-16(2)14(9-17(16,3)23-4)20-15(22)12-6-5-7-13(8-12)21-11-18-10-19-21/h5-8,10-11,14H,9H2,1-4H3,(H,20,22)/t14-,17-/m0/s1. The zero-order valence-electron chi connectivity index (χ0n) is 13.9. The van der Waals surface area contributed by atoms with E-state index in [1.54, 1.807) is 24.2 Å². The fraction of sp³-hybridized carbons (Fsp3) is 0.471. The van der Waals surface area contributed by atoms with Crippen LogP contribution in [0.4, 0.5) is 0 Å². The molecule has 1 amide bonds. The van der Waals surface area contributed by atoms with Gasteiger partial charge in [0, 0.05) is 24.1 Å². The Morgan fingerprint density at radius 3 is 2.78 bits per heavy atom. The molecule has 0 bridgehead atoms. The Hall–Kier alpha value is -2.21. The van der Waals surface area contributed by atoms with Gasteiger partial charge in [0.15, 0.2) is 0 Å². The second-order valence-corrected chi connectivity index (χ2v) is 6.78. The van der Waals surface area contributed by atoms with Crippen molar-refractivity contribution in [2.45, 2.75) is 38.8 Å². The molecule has 23 heavy (non-hydrogen) atoms. The first-order valence-electron chi connectivity index (χ1n) is 7.68. The second-order valence-electron chi connectivity index (χ2n) is 6.78. The summed E-state index contributed by atoms with van der Waals surface area (Å²) in [7, 11) is 1.72. The van der Waals surface area contributed by atoms with Crippen molar-refractivity contribution in [2.75, 3.05) is 7.11 Å². The number of hydrogen-bond donors (Lipinski definition) is 1. The first kappa shape index (κ1) is 15.7. The topological polar surface area (TPSA) is 69.0 Å². The predicted molar refractivity (Wildman–Crippen MR) is 86.4 cm³/mol. The van der Waals surface area contributed by atoms with E-state index in [2.05, 4.69) is 36.2 Å². The van der Waals surface area contributed by atoms with Crippen molar-refractivity contribution in [2.24, 2.45) is 5.41 Å². The summed E-state index contributed by atoms with van der Waals surface area (Å²) in [6, 6.07) is 7.44. The summed E-state index contributed by atoms with van der Waals surface area (Å²) in [4.78, 5) is 16.5. The lowest BCUT2D eigenvalue weighted by atomic mass is 9.56. The molecule has 1 fully saturated rings. The molecular formula is C17H22N4O2. The Morgan fingerprint density at radius 1 is 1.39 bits per heavy atom. The van der Waals surface area contributed by atoms with Crippen LogP contribution in [0, 0.1) is 5.41 Å². The van der Waals surface area contributed by atoms with Crippen molar-refractivity contribution in [1.29, 1.82) is 0 Å². The van der Waals surface area contributed by atoms with E-state index in [1.165, 1.54) is 6.33 Å². The van der Waals surface area contributed by atoms with E-state index >= 15 is 0 Å². The highest BCUT2D eigenvalue weighted by Crippen LogP contribution is 2.51. The highest BCUT2D eigenvalue weighted by Gasteiger charge is 2.58. The lowest BCUT2D eigenvalue weighted by Gasteiger charge is -2.59. The van der Waals surface area contributed by atoms with Gasteiger partial charge >= 0.3 is 0 Å². The molecule has 0 aliphatic heterocycles. The molecular weight excluding hydrogens is 292 g/mol. The van der Waals surface area contributed by atoms with Crippen LogP contribution >= 0.6 is 0 Å². The minimum Gasteiger partial charge on any atom is -0.378 e. The van der Waals surface area contributed by atoms with E-state index < -0.39 is 0 Å². The molecule has 2 atom stereocenters. The van der Waals surface area contributed by atoms with Crippen LogP contribution < -0.4 is 5.32 Å². The molecule has 6 nitrogen and oxygen atoms in total. The largest absolute Gasteiger partial charge is 0.378 e. The SMILES string of the molecule is CO[C@@]1(C)C[C@H](NC(=O)c2cccc(-n3cncn3)c2)C1(C)C. The third kappa shape index (κ3) is 2.53. The van der Waals surface area contributed by atoms with Gasteiger partial charge in [-0.2, -0.15) is 5.10 Å². The molecule has 1 N–H and O–H groups in total. The molecule has 122 valence electrons. The number of hydrogen-bond acceptors (Lipinski definition) is 4. The number of amides is 1. The Balaban J connectivity index is 1.74.